The van der Waals surface area contributed by atoms with E-state index in [2.05, 4.69) is 10.1 Å². The minimum absolute atomic E-state index is 0.0171. The first-order valence-electron chi connectivity index (χ1n) is 12.3. The zero-order valence-corrected chi connectivity index (χ0v) is 23.4. The number of halogens is 5. The van der Waals surface area contributed by atoms with Gasteiger partial charge < -0.3 is 4.90 Å². The van der Waals surface area contributed by atoms with E-state index in [1.165, 1.54) is 46.6 Å². The summed E-state index contributed by atoms with van der Waals surface area (Å²) in [6.45, 7) is -3.31. The van der Waals surface area contributed by atoms with Crippen molar-refractivity contribution in [3.8, 4) is 0 Å². The molecule has 2 atom stereocenters. The Morgan fingerprint density at radius 3 is 2.59 bits per heavy atom. The van der Waals surface area contributed by atoms with Gasteiger partial charge in [0.1, 0.15) is 17.5 Å². The largest absolute Gasteiger partial charge is 0.333 e. The molecule has 2 aliphatic heterocycles. The van der Waals surface area contributed by atoms with E-state index in [1.807, 2.05) is 0 Å². The molecular formula is C27H20ClF4N5O2S2. The maximum Gasteiger partial charge on any atom is 0.333 e. The average Bonchev–Trinajstić information content (AvgIpc) is 3.68. The monoisotopic (exact) mass is 621 g/mol. The lowest BCUT2D eigenvalue weighted by atomic mass is 9.91. The molecule has 1 saturated heterocycles. The van der Waals surface area contributed by atoms with Crippen molar-refractivity contribution in [2.24, 2.45) is 4.99 Å². The SMILES string of the molecule is O=S(=O)(C[C@@]1(F)CC2=C(c3ccn(C(F)F)n3)[C@H](c3ccc(F)cc3Cl)N=C(c3nccs3)N2C1)c1ccccc1. The summed E-state index contributed by atoms with van der Waals surface area (Å²) in [6.07, 6.45) is 2.25. The van der Waals surface area contributed by atoms with Crippen molar-refractivity contribution in [3.63, 3.8) is 0 Å². The van der Waals surface area contributed by atoms with E-state index in [4.69, 9.17) is 16.6 Å². The highest BCUT2D eigenvalue weighted by molar-refractivity contribution is 7.91. The van der Waals surface area contributed by atoms with E-state index >= 15 is 4.39 Å². The molecule has 2 aromatic heterocycles. The van der Waals surface area contributed by atoms with Gasteiger partial charge in [-0.25, -0.2) is 26.9 Å². The minimum atomic E-state index is -4.04. The van der Waals surface area contributed by atoms with Crippen LogP contribution >= 0.6 is 22.9 Å². The lowest BCUT2D eigenvalue weighted by Gasteiger charge is -2.32. The van der Waals surface area contributed by atoms with Gasteiger partial charge in [0.25, 0.3) is 0 Å². The molecule has 0 amide bonds. The molecule has 4 aromatic rings. The predicted molar refractivity (Wildman–Crippen MR) is 147 cm³/mol. The fourth-order valence-electron chi connectivity index (χ4n) is 5.17. The fraction of sp³-hybridized carbons (Fsp3) is 0.222. The standard InChI is InChI=1S/C27H20ClF4N5O2S2/c28-19-12-16(29)6-7-18(19)23-22(20-8-10-37(35-20)26(30)31)21-13-27(32,15-41(38,39)17-4-2-1-3-5-17)14-36(21)24(34-23)25-33-9-11-40-25/h1-12,23,26H,13-15H2/t23-,27+/m0/s1. The molecule has 0 spiro atoms. The van der Waals surface area contributed by atoms with E-state index < -0.39 is 39.7 Å². The van der Waals surface area contributed by atoms with Crippen LogP contribution in [0.15, 0.2) is 88.0 Å². The van der Waals surface area contributed by atoms with Crippen molar-refractivity contribution < 1.29 is 26.0 Å². The third-order valence-corrected chi connectivity index (χ3v) is 9.84. The van der Waals surface area contributed by atoms with Crippen LogP contribution in [0.5, 0.6) is 0 Å². The predicted octanol–water partition coefficient (Wildman–Crippen LogP) is 6.33. The summed E-state index contributed by atoms with van der Waals surface area (Å²) in [6, 6.07) is 11.6. The number of hydrogen-bond acceptors (Lipinski definition) is 7. The molecule has 212 valence electrons. The van der Waals surface area contributed by atoms with Gasteiger partial charge in [-0.1, -0.05) is 35.9 Å². The second-order valence-corrected chi connectivity index (χ2v) is 13.0. The summed E-state index contributed by atoms with van der Waals surface area (Å²) in [5.74, 6) is -1.16. The number of nitrogens with zero attached hydrogens (tertiary/aromatic N) is 5. The summed E-state index contributed by atoms with van der Waals surface area (Å²) in [5.41, 5.74) is -1.30. The van der Waals surface area contributed by atoms with E-state index in [-0.39, 0.29) is 40.0 Å². The summed E-state index contributed by atoms with van der Waals surface area (Å²) in [5, 5.41) is 6.17. The molecule has 0 N–H and O–H groups in total. The van der Waals surface area contributed by atoms with Crippen molar-refractivity contribution in [1.29, 1.82) is 0 Å². The second-order valence-electron chi connectivity index (χ2n) is 9.66. The maximum atomic E-state index is 16.7. The summed E-state index contributed by atoms with van der Waals surface area (Å²) >= 11 is 7.68. The van der Waals surface area contributed by atoms with Crippen LogP contribution in [0.25, 0.3) is 5.57 Å². The normalized spacial score (nSPS) is 21.0. The molecule has 0 saturated carbocycles. The Bertz CT molecular complexity index is 1780. The van der Waals surface area contributed by atoms with Crippen LogP contribution in [-0.2, 0) is 9.84 Å². The number of sulfone groups is 1. The lowest BCUT2D eigenvalue weighted by Crippen LogP contribution is -2.39. The van der Waals surface area contributed by atoms with Crippen molar-refractivity contribution in [2.75, 3.05) is 12.3 Å². The molecule has 1 fully saturated rings. The van der Waals surface area contributed by atoms with Gasteiger partial charge in [-0.15, -0.1) is 11.3 Å². The van der Waals surface area contributed by atoms with Gasteiger partial charge in [-0.05, 0) is 30.3 Å². The van der Waals surface area contributed by atoms with Crippen LogP contribution in [0.3, 0.4) is 0 Å². The average molecular weight is 622 g/mol. The van der Waals surface area contributed by atoms with Crippen LogP contribution in [0.4, 0.5) is 17.6 Å². The molecule has 2 aliphatic rings. The van der Waals surface area contributed by atoms with Crippen molar-refractivity contribution >= 4 is 44.2 Å². The Hall–Kier alpha value is -3.55. The smallest absolute Gasteiger partial charge is 0.324 e. The minimum Gasteiger partial charge on any atom is -0.324 e. The highest BCUT2D eigenvalue weighted by Crippen LogP contribution is 2.49. The van der Waals surface area contributed by atoms with Gasteiger partial charge in [-0.2, -0.15) is 13.9 Å². The third kappa shape index (κ3) is 5.17. The highest BCUT2D eigenvalue weighted by atomic mass is 35.5. The van der Waals surface area contributed by atoms with Gasteiger partial charge >= 0.3 is 6.55 Å². The van der Waals surface area contributed by atoms with Gasteiger partial charge in [0.15, 0.2) is 20.7 Å². The van der Waals surface area contributed by atoms with Crippen LogP contribution < -0.4 is 0 Å². The number of aliphatic imine (C=N–C) groups is 1. The number of fused-ring (bicyclic) bond motifs is 1. The molecule has 6 rings (SSSR count). The number of rotatable bonds is 7. The number of amidine groups is 1. The molecule has 0 bridgehead atoms. The number of alkyl halides is 3. The Kier molecular flexibility index (Phi) is 6.99. The second kappa shape index (κ2) is 10.4. The van der Waals surface area contributed by atoms with Crippen molar-refractivity contribution in [1.82, 2.24) is 19.7 Å². The highest BCUT2D eigenvalue weighted by Gasteiger charge is 2.50. The van der Waals surface area contributed by atoms with Crippen LogP contribution in [0.2, 0.25) is 5.02 Å². The van der Waals surface area contributed by atoms with E-state index in [9.17, 15) is 21.6 Å². The van der Waals surface area contributed by atoms with Gasteiger partial charge in [0.05, 0.1) is 22.9 Å². The molecular weight excluding hydrogens is 602 g/mol. The Morgan fingerprint density at radius 2 is 1.93 bits per heavy atom. The quantitative estimate of drug-likeness (QED) is 0.225. The Morgan fingerprint density at radius 1 is 1.15 bits per heavy atom. The number of aromatic nitrogens is 3. The van der Waals surface area contributed by atoms with Crippen LogP contribution in [-0.4, -0.2) is 51.9 Å². The molecule has 0 aliphatic carbocycles. The summed E-state index contributed by atoms with van der Waals surface area (Å²) < 4.78 is 84.7. The van der Waals surface area contributed by atoms with Crippen LogP contribution in [0.1, 0.15) is 35.3 Å². The number of hydrogen-bond donors (Lipinski definition) is 0. The zero-order chi connectivity index (χ0) is 28.9. The Balaban J connectivity index is 1.53. The van der Waals surface area contributed by atoms with E-state index in [0.717, 1.165) is 12.3 Å². The number of allylic oxidation sites excluding steroid dienone is 1. The molecule has 41 heavy (non-hydrogen) atoms. The molecule has 0 radical (unpaired) electrons. The number of thiazole rings is 1. The molecule has 0 unspecified atom stereocenters. The Labute approximate surface area is 241 Å². The molecule has 4 heterocycles. The first-order chi connectivity index (χ1) is 19.5. The van der Waals surface area contributed by atoms with Crippen LogP contribution in [0, 0.1) is 5.82 Å². The van der Waals surface area contributed by atoms with Crippen molar-refractivity contribution in [2.45, 2.75) is 29.6 Å². The topological polar surface area (TPSA) is 80.4 Å². The third-order valence-electron chi connectivity index (χ3n) is 6.86. The zero-order valence-electron chi connectivity index (χ0n) is 21.0. The molecule has 2 aromatic carbocycles. The molecule has 14 heteroatoms. The van der Waals surface area contributed by atoms with E-state index in [1.54, 1.807) is 29.8 Å². The van der Waals surface area contributed by atoms with Gasteiger partial charge in [0.2, 0.25) is 0 Å². The fourth-order valence-corrected chi connectivity index (χ4v) is 7.69. The first-order valence-corrected chi connectivity index (χ1v) is 15.2. The number of benzene rings is 2. The van der Waals surface area contributed by atoms with Gasteiger partial charge in [-0.3, -0.25) is 4.99 Å². The maximum absolute atomic E-state index is 16.7. The molecule has 7 nitrogen and oxygen atoms in total. The van der Waals surface area contributed by atoms with Gasteiger partial charge in [0, 0.05) is 46.1 Å². The summed E-state index contributed by atoms with van der Waals surface area (Å²) in [7, 11) is -4.04. The lowest BCUT2D eigenvalue weighted by molar-refractivity contribution is 0.0564. The summed E-state index contributed by atoms with van der Waals surface area (Å²) in [4.78, 5) is 10.7. The first kappa shape index (κ1) is 27.6. The van der Waals surface area contributed by atoms with Crippen molar-refractivity contribution in [3.05, 3.63) is 105 Å². The van der Waals surface area contributed by atoms with E-state index in [0.29, 0.717) is 20.9 Å².